The summed E-state index contributed by atoms with van der Waals surface area (Å²) in [5, 5.41) is 3.44. The highest BCUT2D eigenvalue weighted by Gasteiger charge is 2.33. The Balaban J connectivity index is 1.82. The number of nitrogens with one attached hydrogen (secondary N) is 1. The number of aromatic nitrogens is 2. The molecule has 0 bridgehead atoms. The van der Waals surface area contributed by atoms with Gasteiger partial charge in [-0.05, 0) is 37.8 Å². The normalized spacial score (nSPS) is 24.5. The van der Waals surface area contributed by atoms with E-state index in [2.05, 4.69) is 15.3 Å². The van der Waals surface area contributed by atoms with Crippen molar-refractivity contribution in [3.63, 3.8) is 0 Å². The molecular weight excluding hydrogens is 284 g/mol. The monoisotopic (exact) mass is 306 g/mol. The van der Waals surface area contributed by atoms with Crippen molar-refractivity contribution in [2.75, 3.05) is 40.4 Å². The zero-order chi connectivity index (χ0) is 15.5. The number of methoxy groups -OCH3 is 2. The molecule has 22 heavy (non-hydrogen) atoms. The summed E-state index contributed by atoms with van der Waals surface area (Å²) < 4.78 is 10.4. The second-order valence-corrected chi connectivity index (χ2v) is 5.82. The molecule has 0 aromatic carbocycles. The molecule has 1 aromatic heterocycles. The Labute approximate surface area is 130 Å². The number of fused-ring (bicyclic) bond motifs is 1. The second kappa shape index (κ2) is 6.48. The molecule has 0 unspecified atom stereocenters. The van der Waals surface area contributed by atoms with E-state index in [1.54, 1.807) is 0 Å². The molecular formula is C15H22N4O3. The van der Waals surface area contributed by atoms with Crippen LogP contribution in [-0.4, -0.2) is 61.2 Å². The maximum atomic E-state index is 12.9. The molecule has 3 heterocycles. The third-order valence-electron chi connectivity index (χ3n) is 4.68. The summed E-state index contributed by atoms with van der Waals surface area (Å²) in [4.78, 5) is 22.8. The summed E-state index contributed by atoms with van der Waals surface area (Å²) in [6.07, 6.45) is 3.40. The summed E-state index contributed by atoms with van der Waals surface area (Å²) in [6, 6.07) is 0. The van der Waals surface area contributed by atoms with Crippen LogP contribution in [0.2, 0.25) is 0 Å². The lowest BCUT2D eigenvalue weighted by Crippen LogP contribution is -2.33. The topological polar surface area (TPSA) is 76.6 Å². The van der Waals surface area contributed by atoms with Crippen LogP contribution in [-0.2, 0) is 0 Å². The molecule has 120 valence electrons. The van der Waals surface area contributed by atoms with E-state index in [1.165, 1.54) is 20.5 Å². The molecule has 0 saturated carbocycles. The average Bonchev–Trinajstić information content (AvgIpc) is 2.91. The van der Waals surface area contributed by atoms with Gasteiger partial charge in [-0.25, -0.2) is 9.97 Å². The van der Waals surface area contributed by atoms with Crippen LogP contribution >= 0.6 is 0 Å². The van der Waals surface area contributed by atoms with Gasteiger partial charge in [0.2, 0.25) is 11.8 Å². The van der Waals surface area contributed by atoms with Crippen molar-refractivity contribution in [2.24, 2.45) is 11.8 Å². The first kappa shape index (κ1) is 15.0. The highest BCUT2D eigenvalue weighted by atomic mass is 16.5. The van der Waals surface area contributed by atoms with Gasteiger partial charge in [-0.1, -0.05) is 0 Å². The largest absolute Gasteiger partial charge is 0.480 e. The Morgan fingerprint density at radius 3 is 2.18 bits per heavy atom. The molecule has 7 nitrogen and oxygen atoms in total. The van der Waals surface area contributed by atoms with E-state index >= 15 is 0 Å². The zero-order valence-corrected chi connectivity index (χ0v) is 13.0. The maximum absolute atomic E-state index is 12.9. The molecule has 2 aliphatic rings. The molecule has 7 heteroatoms. The van der Waals surface area contributed by atoms with Crippen LogP contribution < -0.4 is 14.8 Å². The van der Waals surface area contributed by atoms with Crippen molar-refractivity contribution < 1.29 is 14.3 Å². The van der Waals surface area contributed by atoms with Gasteiger partial charge >= 0.3 is 0 Å². The Morgan fingerprint density at radius 2 is 1.68 bits per heavy atom. The highest BCUT2D eigenvalue weighted by molar-refractivity contribution is 5.98. The van der Waals surface area contributed by atoms with Crippen LogP contribution in [0.25, 0.3) is 0 Å². The quantitative estimate of drug-likeness (QED) is 0.879. The van der Waals surface area contributed by atoms with Crippen LogP contribution in [0.3, 0.4) is 0 Å². The minimum absolute atomic E-state index is 0.109. The second-order valence-electron chi connectivity index (χ2n) is 5.82. The fourth-order valence-electron chi connectivity index (χ4n) is 3.43. The lowest BCUT2D eigenvalue weighted by Gasteiger charge is -2.22. The number of carbonyl (C=O) groups excluding carboxylic acids is 1. The number of carbonyl (C=O) groups is 1. The van der Waals surface area contributed by atoms with E-state index in [9.17, 15) is 4.79 Å². The predicted octanol–water partition coefficient (Wildman–Crippen LogP) is 0.565. The Kier molecular flexibility index (Phi) is 4.42. The van der Waals surface area contributed by atoms with Crippen molar-refractivity contribution in [2.45, 2.75) is 12.8 Å². The van der Waals surface area contributed by atoms with Crippen molar-refractivity contribution in [1.82, 2.24) is 20.2 Å². The first-order chi connectivity index (χ1) is 10.7. The van der Waals surface area contributed by atoms with Crippen LogP contribution in [0.1, 0.15) is 23.2 Å². The summed E-state index contributed by atoms with van der Waals surface area (Å²) in [6.45, 7) is 3.63. The molecule has 0 radical (unpaired) electrons. The van der Waals surface area contributed by atoms with E-state index in [0.717, 1.165) is 39.0 Å². The van der Waals surface area contributed by atoms with Crippen molar-refractivity contribution in [3.8, 4) is 11.8 Å². The van der Waals surface area contributed by atoms with Crippen LogP contribution in [0.15, 0.2) is 6.33 Å². The third-order valence-corrected chi connectivity index (χ3v) is 4.68. The van der Waals surface area contributed by atoms with Crippen LogP contribution in [0, 0.1) is 11.8 Å². The summed E-state index contributed by atoms with van der Waals surface area (Å²) in [5.41, 5.74) is 0.317. The van der Waals surface area contributed by atoms with Crippen LogP contribution in [0.4, 0.5) is 0 Å². The van der Waals surface area contributed by atoms with E-state index in [4.69, 9.17) is 9.47 Å². The Hall–Kier alpha value is -1.89. The lowest BCUT2D eigenvalue weighted by molar-refractivity contribution is 0.0749. The van der Waals surface area contributed by atoms with Gasteiger partial charge in [0.15, 0.2) is 5.56 Å². The average molecular weight is 306 g/mol. The number of rotatable bonds is 3. The molecule has 1 N–H and O–H groups in total. The van der Waals surface area contributed by atoms with Crippen LogP contribution in [0.5, 0.6) is 11.8 Å². The first-order valence-electron chi connectivity index (χ1n) is 7.67. The van der Waals surface area contributed by atoms with Gasteiger partial charge < -0.3 is 19.7 Å². The maximum Gasteiger partial charge on any atom is 0.264 e. The summed E-state index contributed by atoms with van der Waals surface area (Å²) >= 11 is 0. The fourth-order valence-corrected chi connectivity index (χ4v) is 3.43. The SMILES string of the molecule is COc1ncnc(OC)c1C(=O)N1CC[C@@H]2CNC[C@@H]2CC1. The van der Waals surface area contributed by atoms with Crippen molar-refractivity contribution in [3.05, 3.63) is 11.9 Å². The number of likely N-dealkylation sites (tertiary alicyclic amines) is 1. The van der Waals surface area contributed by atoms with E-state index in [1.807, 2.05) is 4.90 Å². The minimum atomic E-state index is -0.109. The van der Waals surface area contributed by atoms with Gasteiger partial charge in [0, 0.05) is 13.1 Å². The Morgan fingerprint density at radius 1 is 1.14 bits per heavy atom. The van der Waals surface area contributed by atoms with Crippen molar-refractivity contribution >= 4 is 5.91 Å². The lowest BCUT2D eigenvalue weighted by atomic mass is 9.92. The molecule has 1 aromatic rings. The van der Waals surface area contributed by atoms with E-state index in [-0.39, 0.29) is 17.7 Å². The predicted molar refractivity (Wildman–Crippen MR) is 80.1 cm³/mol. The fraction of sp³-hybridized carbons (Fsp3) is 0.667. The number of amides is 1. The third kappa shape index (κ3) is 2.72. The first-order valence-corrected chi connectivity index (χ1v) is 7.67. The minimum Gasteiger partial charge on any atom is -0.480 e. The zero-order valence-electron chi connectivity index (χ0n) is 13.0. The highest BCUT2D eigenvalue weighted by Crippen LogP contribution is 2.30. The van der Waals surface area contributed by atoms with E-state index < -0.39 is 0 Å². The molecule has 0 spiro atoms. The molecule has 2 saturated heterocycles. The molecule has 2 atom stereocenters. The molecule has 2 aliphatic heterocycles. The molecule has 2 fully saturated rings. The van der Waals surface area contributed by atoms with Gasteiger partial charge in [0.05, 0.1) is 14.2 Å². The van der Waals surface area contributed by atoms with Gasteiger partial charge in [0.25, 0.3) is 5.91 Å². The van der Waals surface area contributed by atoms with Gasteiger partial charge in [-0.2, -0.15) is 0 Å². The van der Waals surface area contributed by atoms with E-state index in [0.29, 0.717) is 17.4 Å². The van der Waals surface area contributed by atoms with Crippen molar-refractivity contribution in [1.29, 1.82) is 0 Å². The summed E-state index contributed by atoms with van der Waals surface area (Å²) in [5.74, 6) is 1.77. The Bertz CT molecular complexity index is 515. The van der Waals surface area contributed by atoms with Gasteiger partial charge in [0.1, 0.15) is 6.33 Å². The van der Waals surface area contributed by atoms with Gasteiger partial charge in [-0.3, -0.25) is 4.79 Å². The smallest absolute Gasteiger partial charge is 0.264 e. The standard InChI is InChI=1S/C15H22N4O3/c1-21-13-12(14(22-2)18-9-17-13)15(20)19-5-3-10-7-16-8-11(10)4-6-19/h9-11,16H,3-8H2,1-2H3/t10-,11+. The number of ether oxygens (including phenoxy) is 2. The molecule has 3 rings (SSSR count). The molecule has 0 aliphatic carbocycles. The number of nitrogens with zero attached hydrogens (tertiary/aromatic N) is 3. The molecule has 1 amide bonds. The number of hydrogen-bond acceptors (Lipinski definition) is 6. The summed E-state index contributed by atoms with van der Waals surface area (Å²) in [7, 11) is 2.99. The van der Waals surface area contributed by atoms with Gasteiger partial charge in [-0.15, -0.1) is 0 Å². The number of hydrogen-bond donors (Lipinski definition) is 1.